The van der Waals surface area contributed by atoms with Crippen LogP contribution in [0.15, 0.2) is 102 Å². The Morgan fingerprint density at radius 3 is 1.30 bits per heavy atom. The Balaban J connectivity index is -0.0000000880. The molecule has 0 bridgehead atoms. The van der Waals surface area contributed by atoms with Gasteiger partial charge in [0.25, 0.3) is 0 Å². The lowest BCUT2D eigenvalue weighted by molar-refractivity contribution is -0.900. The van der Waals surface area contributed by atoms with Crippen LogP contribution in [0.25, 0.3) is 10.9 Å². The van der Waals surface area contributed by atoms with Crippen LogP contribution in [-0.2, 0) is 47.8 Å². The number of carbonyl (C=O) groups excluding carboxylic acids is 2. The predicted octanol–water partition coefficient (Wildman–Crippen LogP) is 24.3. The van der Waals surface area contributed by atoms with Gasteiger partial charge in [0.1, 0.15) is 11.9 Å². The molecule has 7 N–H and O–H groups in total. The number of benzene rings is 3. The zero-order chi connectivity index (χ0) is 91.0. The van der Waals surface area contributed by atoms with E-state index in [1.54, 1.807) is 33.3 Å². The summed E-state index contributed by atoms with van der Waals surface area (Å²) in [4.78, 5) is 34.9. The number of methoxy groups -OCH3 is 4. The Hall–Kier alpha value is -4.92. The third-order valence-corrected chi connectivity index (χ3v) is 17.0. The van der Waals surface area contributed by atoms with E-state index >= 15 is 0 Å². The Morgan fingerprint density at radius 2 is 1.06 bits per heavy atom. The van der Waals surface area contributed by atoms with Crippen molar-refractivity contribution >= 4 is 58.7 Å². The van der Waals surface area contributed by atoms with Crippen LogP contribution >= 0.6 is 23.5 Å². The molecule has 1 aromatic heterocycles. The summed E-state index contributed by atoms with van der Waals surface area (Å²) in [6.07, 6.45) is 34.0. The molecule has 0 saturated carbocycles. The summed E-state index contributed by atoms with van der Waals surface area (Å²) in [6.45, 7) is 58.5. The highest BCUT2D eigenvalue weighted by Crippen LogP contribution is 2.21. The van der Waals surface area contributed by atoms with Crippen LogP contribution in [0, 0.1) is 11.8 Å². The molecule has 1 atom stereocenters. The SMILES string of the molecule is C.CC.CC(C)C.CC1CCC[N+]1(C)C.CCC(=O)OC.CCC(C)C.CCC1=C[N+](C)(C)C=N1.CCCC.CCCC(=O)OC.CCCCCN(C)C.CCCCN(C)C.CCCC[NH+]=C(N)N.CCCSC.CCOC.CCSC.CCc1c[nH]c2ccccc12.CCc1ccc(O)cc1.CCc1ccccc1.COC(C)C. The molecule has 0 aliphatic carbocycles. The summed E-state index contributed by atoms with van der Waals surface area (Å²) < 4.78 is 19.9. The molecule has 0 amide bonds. The van der Waals surface area contributed by atoms with E-state index < -0.39 is 0 Å². The average Bonchev–Trinajstić information content (AvgIpc) is 1.71. The van der Waals surface area contributed by atoms with Gasteiger partial charge in [-0.15, -0.1) is 0 Å². The summed E-state index contributed by atoms with van der Waals surface area (Å²) in [5, 5.41) is 10.2. The van der Waals surface area contributed by atoms with Crippen molar-refractivity contribution in [3.8, 4) is 5.75 Å². The molecular weight excluding hydrogens is 1470 g/mol. The standard InChI is InChI=1S/C10H11N.C8H10O.C8H10.C7H13N2.C7H16N.C7H17N.C6H15N.C5H13N3.C5H10O2.C5H12.C4H8O2.C4H10O.C4H10S.2C4H10.C3H8O.C3H8S.C2H6.CH4/c1-2-8-7-11-10-6-4-3-5-9(8)10;1-2-7-3-5-8(9)6-4-7;1-2-8-6-4-3-5-7-8;1-4-7-5-9(2,3)6-8-7;1-7-5-4-6-8(7,2)3;1-4-5-6-7-8(2)3;1-4-5-6-7(2)3;1-2-3-4-8-5(6)7;1-3-4-5(6)7-2;1-4-5(2)3;1-3-4(5)6-2;1-4(2)5-3;1-3-4-5-2;1-4(2)3;3*1-3-4-2;1-2;/h3-7,11H,2H2,1H3;3-6,9H,2H2,1H3;3-7H,2H2,1H3;5-6H,4H2,1-3H3;7H,4-6H2,1-3H3;4-7H2,1-3H3;4-6H2,1-3H3;2-4H2,1H3,(H4,6,7,8);3-4H2,1-2H3;5H,4H2,1-3H3;3H2,1-2H3;4H,1-3H3;3-4H2,1-2H3;4H,1-3H3;3-4H2,1-2H3;2*3H2,1-2H3;1-2H3;1H4/q;;;2*+1;;;;;;;;;;;;;;/p+1. The van der Waals surface area contributed by atoms with Crippen molar-refractivity contribution in [2.75, 3.05) is 142 Å². The molecule has 3 heterocycles. The van der Waals surface area contributed by atoms with Crippen LogP contribution in [-0.4, -0.2) is 207 Å². The number of phenolic OH excluding ortho intramolecular Hbond substituents is 1. The number of likely N-dealkylation sites (tertiary alicyclic amines) is 1. The second kappa shape index (κ2) is 111. The summed E-state index contributed by atoms with van der Waals surface area (Å²) in [6, 6.07) is 27.0. The topological polar surface area (TPSA) is 192 Å². The Morgan fingerprint density at radius 1 is 0.617 bits per heavy atom. The number of phenols is 1. The van der Waals surface area contributed by atoms with E-state index in [2.05, 4.69) is 293 Å². The molecule has 4 aromatic rings. The highest BCUT2D eigenvalue weighted by Gasteiger charge is 2.29. The molecule has 2 aliphatic rings. The van der Waals surface area contributed by atoms with Gasteiger partial charge in [-0.2, -0.15) is 23.5 Å². The normalized spacial score (nSPS) is 11.8. The molecule has 2 aliphatic heterocycles. The van der Waals surface area contributed by atoms with E-state index in [9.17, 15) is 9.59 Å². The molecule has 1 saturated heterocycles. The number of para-hydroxylation sites is 1. The van der Waals surface area contributed by atoms with Gasteiger partial charge in [-0.05, 0) is 198 Å². The molecule has 0 radical (unpaired) electrons. The number of carbonyl (C=O) groups is 2. The quantitative estimate of drug-likeness (QED) is 0.0146. The van der Waals surface area contributed by atoms with Crippen LogP contribution in [0.5, 0.6) is 5.75 Å². The number of aromatic hydroxyl groups is 1. The summed E-state index contributed by atoms with van der Waals surface area (Å²) in [5.41, 5.74) is 16.7. The van der Waals surface area contributed by atoms with E-state index in [4.69, 9.17) is 21.3 Å². The van der Waals surface area contributed by atoms with Gasteiger partial charge in [-0.1, -0.05) is 258 Å². The molecule has 0 spiro atoms. The molecule has 115 heavy (non-hydrogen) atoms. The van der Waals surface area contributed by atoms with Crippen molar-refractivity contribution in [3.63, 3.8) is 0 Å². The lowest BCUT2D eigenvalue weighted by atomic mass is 10.1. The third kappa shape index (κ3) is 133. The number of aromatic nitrogens is 1. The van der Waals surface area contributed by atoms with Crippen LogP contribution in [0.2, 0.25) is 0 Å². The van der Waals surface area contributed by atoms with Gasteiger partial charge >= 0.3 is 17.9 Å². The number of quaternary nitrogens is 2. The number of unbranched alkanes of at least 4 members (excludes halogenated alkanes) is 5. The minimum absolute atomic E-state index is 0. The van der Waals surface area contributed by atoms with Crippen LogP contribution in [0.1, 0.15) is 306 Å². The maximum absolute atomic E-state index is 10.2. The number of allylic oxidation sites excluding steroid dienone is 1. The zero-order valence-corrected chi connectivity index (χ0v) is 84.4. The number of thioether (sulfide) groups is 2. The van der Waals surface area contributed by atoms with Crippen molar-refractivity contribution in [1.29, 1.82) is 0 Å². The monoisotopic (exact) mass is 1670 g/mol. The second-order valence-corrected chi connectivity index (χ2v) is 31.7. The smallest absolute Gasteiger partial charge is 0.338 e. The first kappa shape index (κ1) is 139. The van der Waals surface area contributed by atoms with Crippen LogP contribution < -0.4 is 16.5 Å². The fraction of sp³-hybridized carbons (Fsp3) is 0.732. The van der Waals surface area contributed by atoms with Crippen LogP contribution in [0.3, 0.4) is 0 Å². The maximum atomic E-state index is 10.2. The number of aryl methyl sites for hydroxylation is 3. The number of H-pyrrole nitrogens is 1. The molecule has 1 fully saturated rings. The fourth-order valence-corrected chi connectivity index (χ4v) is 7.71. The van der Waals surface area contributed by atoms with E-state index in [0.717, 1.165) is 74.0 Å². The minimum atomic E-state index is -0.157. The number of nitrogens with two attached hydrogens (primary N) is 2. The van der Waals surface area contributed by atoms with Gasteiger partial charge in [0, 0.05) is 63.6 Å². The van der Waals surface area contributed by atoms with Crippen LogP contribution in [0.4, 0.5) is 0 Å². The number of aromatic amines is 1. The Labute approximate surface area is 727 Å². The fourth-order valence-electron chi connectivity index (χ4n) is 7.31. The number of aliphatic imine (C=N–C) groups is 1. The van der Waals surface area contributed by atoms with E-state index in [-0.39, 0.29) is 19.4 Å². The molecule has 18 heteroatoms. The lowest BCUT2D eigenvalue weighted by Gasteiger charge is -2.28. The third-order valence-electron chi connectivity index (χ3n) is 15.6. The number of fused-ring (bicyclic) bond motifs is 1. The van der Waals surface area contributed by atoms with Gasteiger partial charge in [0.05, 0.1) is 73.3 Å². The number of nitrogens with one attached hydrogen (secondary N) is 2. The number of hydrogen-bond acceptors (Lipinski definition) is 12. The lowest BCUT2D eigenvalue weighted by Crippen LogP contribution is -2.78. The number of ether oxygens (including phenoxy) is 4. The van der Waals surface area contributed by atoms with Gasteiger partial charge in [-0.3, -0.25) is 30.5 Å². The minimum Gasteiger partial charge on any atom is -0.508 e. The number of esters is 2. The molecule has 16 nitrogen and oxygen atoms in total. The molecular formula is C97H202N9O7S2+3. The average molecular weight is 1670 g/mol. The number of nitrogens with zero attached hydrogens (tertiary/aromatic N) is 5. The largest absolute Gasteiger partial charge is 0.508 e. The van der Waals surface area contributed by atoms with Gasteiger partial charge in [0.2, 0.25) is 0 Å². The summed E-state index contributed by atoms with van der Waals surface area (Å²) in [7, 11) is 23.5. The highest BCUT2D eigenvalue weighted by molar-refractivity contribution is 7.98. The van der Waals surface area contributed by atoms with Crippen molar-refractivity contribution in [1.82, 2.24) is 14.8 Å². The first-order valence-electron chi connectivity index (χ1n) is 43.6. The van der Waals surface area contributed by atoms with E-state index in [1.807, 2.05) is 89.6 Å². The Bertz CT molecular complexity index is 2490. The highest BCUT2D eigenvalue weighted by atomic mass is 32.2. The predicted molar refractivity (Wildman–Crippen MR) is 527 cm³/mol. The van der Waals surface area contributed by atoms with E-state index in [1.165, 1.54) is 160 Å². The van der Waals surface area contributed by atoms with Crippen molar-refractivity contribution in [2.24, 2.45) is 28.3 Å². The summed E-state index contributed by atoms with van der Waals surface area (Å²) in [5.74, 6) is 4.64. The summed E-state index contributed by atoms with van der Waals surface area (Å²) >= 11 is 3.76. The van der Waals surface area contributed by atoms with Crippen molar-refractivity contribution in [3.05, 3.63) is 114 Å². The molecule has 1 unspecified atom stereocenters. The number of guanidine groups is 1. The maximum Gasteiger partial charge on any atom is 0.338 e. The first-order valence-corrected chi connectivity index (χ1v) is 46.4. The Kier molecular flexibility index (Phi) is 134. The van der Waals surface area contributed by atoms with Crippen molar-refractivity contribution in [2.45, 2.75) is 321 Å². The first-order chi connectivity index (χ1) is 53.8. The van der Waals surface area contributed by atoms with Gasteiger partial charge < -0.3 is 43.3 Å². The van der Waals surface area contributed by atoms with Crippen molar-refractivity contribution < 1.29 is 47.6 Å². The number of hydrogen-bond donors (Lipinski definition) is 5. The van der Waals surface area contributed by atoms with Gasteiger partial charge in [0.15, 0.2) is 6.34 Å². The van der Waals surface area contributed by atoms with E-state index in [0.29, 0.717) is 30.7 Å². The van der Waals surface area contributed by atoms with Gasteiger partial charge in [-0.25, -0.2) is 4.99 Å². The molecule has 3 aromatic carbocycles. The number of rotatable bonds is 24. The molecule has 6 rings (SSSR count). The second-order valence-electron chi connectivity index (χ2n) is 29.5. The zero-order valence-electron chi connectivity index (χ0n) is 82.7. The molecule has 686 valence electrons.